The molecule has 0 radical (unpaired) electrons. The number of nitrogens with zero attached hydrogens (tertiary/aromatic N) is 2. The fourth-order valence-electron chi connectivity index (χ4n) is 9.91. The quantitative estimate of drug-likeness (QED) is 0.159. The molecule has 13 aromatic rings. The molecule has 0 N–H and O–H groups in total. The number of anilines is 3. The summed E-state index contributed by atoms with van der Waals surface area (Å²) in [7, 11) is 0. The van der Waals surface area contributed by atoms with Crippen LogP contribution >= 0.6 is 11.3 Å². The van der Waals surface area contributed by atoms with Gasteiger partial charge >= 0.3 is 0 Å². The normalized spacial score (nSPS) is 11.8. The Morgan fingerprint density at radius 3 is 1.69 bits per heavy atom. The average molecular weight is 835 g/mol. The first-order chi connectivity index (χ1) is 31.8. The zero-order valence-corrected chi connectivity index (χ0v) is 35.5. The van der Waals surface area contributed by atoms with Crippen LogP contribution in [0.25, 0.3) is 103 Å². The largest absolute Gasteiger partial charge is 0.455 e. The molecular weight excluding hydrogens is 797 g/mol. The molecule has 0 aliphatic rings. The van der Waals surface area contributed by atoms with Gasteiger partial charge in [0.2, 0.25) is 0 Å². The lowest BCUT2D eigenvalue weighted by molar-refractivity contribution is 0.670. The average Bonchev–Trinajstić information content (AvgIpc) is 4.05. The molecule has 0 amide bonds. The molecule has 13 rings (SSSR count). The Morgan fingerprint density at radius 1 is 0.375 bits per heavy atom. The maximum absolute atomic E-state index is 7.03. The summed E-state index contributed by atoms with van der Waals surface area (Å²) in [6.07, 6.45) is 0. The summed E-state index contributed by atoms with van der Waals surface area (Å²) in [5.74, 6) is 0. The van der Waals surface area contributed by atoms with E-state index in [1.807, 2.05) is 11.3 Å². The number of hydrogen-bond acceptors (Lipinski definition) is 3. The van der Waals surface area contributed by atoms with E-state index in [1.54, 1.807) is 0 Å². The van der Waals surface area contributed by atoms with Crippen LogP contribution in [0, 0.1) is 0 Å². The smallest absolute Gasteiger partial charge is 0.145 e. The number of benzene rings is 10. The van der Waals surface area contributed by atoms with E-state index in [4.69, 9.17) is 4.42 Å². The van der Waals surface area contributed by atoms with Crippen LogP contribution in [0.5, 0.6) is 0 Å². The van der Waals surface area contributed by atoms with Crippen LogP contribution in [0.15, 0.2) is 235 Å². The second-order valence-corrected chi connectivity index (χ2v) is 17.4. The number of para-hydroxylation sites is 4. The number of rotatable bonds is 7. The number of aromatic nitrogens is 1. The van der Waals surface area contributed by atoms with Crippen LogP contribution < -0.4 is 4.90 Å². The van der Waals surface area contributed by atoms with Crippen molar-refractivity contribution >= 4 is 92.3 Å². The van der Waals surface area contributed by atoms with E-state index >= 15 is 0 Å². The number of thiophene rings is 1. The second-order valence-electron chi connectivity index (χ2n) is 16.4. The molecule has 0 aliphatic heterocycles. The molecule has 0 spiro atoms. The lowest BCUT2D eigenvalue weighted by atomic mass is 9.97. The molecule has 4 heteroatoms. The highest BCUT2D eigenvalue weighted by molar-refractivity contribution is 7.26. The van der Waals surface area contributed by atoms with E-state index < -0.39 is 0 Å². The van der Waals surface area contributed by atoms with Gasteiger partial charge in [-0.05, 0) is 89.0 Å². The summed E-state index contributed by atoms with van der Waals surface area (Å²) < 4.78 is 12.1. The lowest BCUT2D eigenvalue weighted by Crippen LogP contribution is -2.10. The first kappa shape index (κ1) is 36.5. The molecule has 0 fully saturated rings. The van der Waals surface area contributed by atoms with Gasteiger partial charge in [0.15, 0.2) is 0 Å². The second kappa shape index (κ2) is 14.7. The highest BCUT2D eigenvalue weighted by Gasteiger charge is 2.24. The van der Waals surface area contributed by atoms with Crippen molar-refractivity contribution < 1.29 is 4.42 Å². The van der Waals surface area contributed by atoms with E-state index in [-0.39, 0.29) is 0 Å². The third-order valence-electron chi connectivity index (χ3n) is 12.8. The van der Waals surface area contributed by atoms with Gasteiger partial charge in [-0.15, -0.1) is 11.3 Å². The van der Waals surface area contributed by atoms with Crippen molar-refractivity contribution in [3.05, 3.63) is 231 Å². The van der Waals surface area contributed by atoms with Crippen LogP contribution in [0.1, 0.15) is 0 Å². The van der Waals surface area contributed by atoms with Crippen molar-refractivity contribution in [1.29, 1.82) is 0 Å². The molecule has 10 aromatic carbocycles. The molecule has 3 heterocycles. The molecule has 0 unspecified atom stereocenters. The van der Waals surface area contributed by atoms with Gasteiger partial charge in [-0.3, -0.25) is 0 Å². The fraction of sp³-hybridized carbons (Fsp3) is 0. The van der Waals surface area contributed by atoms with Crippen LogP contribution in [-0.4, -0.2) is 4.57 Å². The van der Waals surface area contributed by atoms with Crippen LogP contribution in [0.2, 0.25) is 0 Å². The van der Waals surface area contributed by atoms with Gasteiger partial charge in [-0.1, -0.05) is 164 Å². The summed E-state index contributed by atoms with van der Waals surface area (Å²) in [6, 6.07) is 83.2. The van der Waals surface area contributed by atoms with Gasteiger partial charge in [-0.2, -0.15) is 0 Å². The van der Waals surface area contributed by atoms with E-state index in [2.05, 4.69) is 240 Å². The fourth-order valence-corrected chi connectivity index (χ4v) is 11.2. The van der Waals surface area contributed by atoms with Crippen molar-refractivity contribution in [2.24, 2.45) is 0 Å². The van der Waals surface area contributed by atoms with Crippen LogP contribution in [0.3, 0.4) is 0 Å². The summed E-state index contributed by atoms with van der Waals surface area (Å²) in [5.41, 5.74) is 15.3. The minimum Gasteiger partial charge on any atom is -0.455 e. The van der Waals surface area contributed by atoms with Crippen molar-refractivity contribution in [1.82, 2.24) is 4.57 Å². The highest BCUT2D eigenvalue weighted by atomic mass is 32.1. The van der Waals surface area contributed by atoms with Crippen LogP contribution in [0.4, 0.5) is 17.1 Å². The zero-order chi connectivity index (χ0) is 42.1. The van der Waals surface area contributed by atoms with Crippen LogP contribution in [-0.2, 0) is 0 Å². The number of hydrogen-bond donors (Lipinski definition) is 0. The Hall–Kier alpha value is -8.18. The topological polar surface area (TPSA) is 21.3 Å². The standard InChI is InChI=1S/C60H38N2OS/c1-2-15-39(16-3-1)40-29-33-42(34-30-40)61(43-35-31-41(32-36-43)44-22-14-23-50-48-20-8-13-28-57(48)64-60(44)50)55-38-37-49(59-58(55)51-21-7-12-27-56(51)63-59)47-19-6-11-26-54(47)62-52-24-9-4-17-45(52)46-18-5-10-25-53(46)62/h1-38H. The predicted molar refractivity (Wildman–Crippen MR) is 272 cm³/mol. The van der Waals surface area contributed by atoms with Gasteiger partial charge in [-0.25, -0.2) is 0 Å². The van der Waals surface area contributed by atoms with E-state index in [0.717, 1.165) is 55.8 Å². The Labute approximate surface area is 373 Å². The first-order valence-corrected chi connectivity index (χ1v) is 22.6. The third-order valence-corrected chi connectivity index (χ3v) is 14.1. The maximum Gasteiger partial charge on any atom is 0.145 e. The molecule has 300 valence electrons. The molecule has 0 aliphatic carbocycles. The third kappa shape index (κ3) is 5.73. The highest BCUT2D eigenvalue weighted by Crippen LogP contribution is 2.48. The maximum atomic E-state index is 7.03. The predicted octanol–water partition coefficient (Wildman–Crippen LogP) is 17.5. The Kier molecular flexibility index (Phi) is 8.40. The summed E-state index contributed by atoms with van der Waals surface area (Å²) in [4.78, 5) is 2.39. The van der Waals surface area contributed by atoms with E-state index in [9.17, 15) is 0 Å². The van der Waals surface area contributed by atoms with Crippen molar-refractivity contribution in [2.45, 2.75) is 0 Å². The minimum atomic E-state index is 0.853. The van der Waals surface area contributed by atoms with Crippen molar-refractivity contribution in [3.8, 4) is 39.1 Å². The van der Waals surface area contributed by atoms with Gasteiger partial charge in [0.1, 0.15) is 11.2 Å². The van der Waals surface area contributed by atoms with Gasteiger partial charge in [0, 0.05) is 58.8 Å². The van der Waals surface area contributed by atoms with Gasteiger partial charge in [0.05, 0.1) is 27.8 Å². The van der Waals surface area contributed by atoms with Crippen molar-refractivity contribution in [3.63, 3.8) is 0 Å². The molecule has 64 heavy (non-hydrogen) atoms. The summed E-state index contributed by atoms with van der Waals surface area (Å²) in [6.45, 7) is 0. The number of fused-ring (bicyclic) bond motifs is 9. The monoisotopic (exact) mass is 834 g/mol. The zero-order valence-electron chi connectivity index (χ0n) is 34.7. The van der Waals surface area contributed by atoms with Gasteiger partial charge < -0.3 is 13.9 Å². The Bertz CT molecular complexity index is 3840. The minimum absolute atomic E-state index is 0.853. The molecule has 0 bridgehead atoms. The summed E-state index contributed by atoms with van der Waals surface area (Å²) in [5, 5.41) is 7.22. The molecule has 0 saturated heterocycles. The SMILES string of the molecule is c1ccc(-c2ccc(N(c3ccc(-c4cccc5c4sc4ccccc45)cc3)c3ccc(-c4ccccc4-n4c5ccccc5c5ccccc54)c4oc5ccccc5c34)cc2)cc1. The lowest BCUT2D eigenvalue weighted by Gasteiger charge is -2.27. The van der Waals surface area contributed by atoms with Crippen molar-refractivity contribution in [2.75, 3.05) is 4.90 Å². The Balaban J connectivity index is 1.02. The molecule has 3 nitrogen and oxygen atoms in total. The Morgan fingerprint density at radius 2 is 0.938 bits per heavy atom. The molecule has 0 atom stereocenters. The van der Waals surface area contributed by atoms with E-state index in [1.165, 1.54) is 64.2 Å². The summed E-state index contributed by atoms with van der Waals surface area (Å²) >= 11 is 1.87. The first-order valence-electron chi connectivity index (χ1n) is 21.8. The number of furan rings is 1. The van der Waals surface area contributed by atoms with Gasteiger partial charge in [0.25, 0.3) is 0 Å². The molecular formula is C60H38N2OS. The molecule has 3 aromatic heterocycles. The molecule has 0 saturated carbocycles. The van der Waals surface area contributed by atoms with E-state index in [0.29, 0.717) is 0 Å².